The van der Waals surface area contributed by atoms with Crippen LogP contribution in [0.15, 0.2) is 24.4 Å². The lowest BCUT2D eigenvalue weighted by atomic mass is 10.1. The normalized spacial score (nSPS) is 14.0. The standard InChI is InChI=1S/C13H14ClNO2.C4H8N2O/c14-6-2-1-3-10-8-15-12-5-4-9(13(16)17)7-11(10)12;7-4-3-5-1-2-6-4/h4-5,7-8,15H,1-3,6H2,(H,16,17);5H,1-3H2,(H,6,7). The van der Waals surface area contributed by atoms with Gasteiger partial charge in [-0.3, -0.25) is 4.79 Å². The number of H-pyrrole nitrogens is 1. The minimum atomic E-state index is -0.889. The molecule has 0 atom stereocenters. The molecule has 0 aliphatic carbocycles. The van der Waals surface area contributed by atoms with Crippen molar-refractivity contribution in [1.82, 2.24) is 15.6 Å². The monoisotopic (exact) mass is 351 g/mol. The zero-order chi connectivity index (χ0) is 17.4. The second kappa shape index (κ2) is 9.30. The van der Waals surface area contributed by atoms with Crippen molar-refractivity contribution in [2.75, 3.05) is 25.5 Å². The summed E-state index contributed by atoms with van der Waals surface area (Å²) >= 11 is 5.64. The summed E-state index contributed by atoms with van der Waals surface area (Å²) in [5.74, 6) is -0.117. The Kier molecular flexibility index (Phi) is 7.08. The number of aryl methyl sites for hydroxylation is 1. The van der Waals surface area contributed by atoms with E-state index in [0.29, 0.717) is 18.0 Å². The molecular formula is C17H22ClN3O3. The molecule has 4 N–H and O–H groups in total. The Hall–Kier alpha value is -2.05. The van der Waals surface area contributed by atoms with Crippen LogP contribution in [0.1, 0.15) is 28.8 Å². The molecule has 0 spiro atoms. The van der Waals surface area contributed by atoms with Crippen LogP contribution >= 0.6 is 11.6 Å². The van der Waals surface area contributed by atoms with Crippen molar-refractivity contribution in [2.45, 2.75) is 19.3 Å². The van der Waals surface area contributed by atoms with Crippen molar-refractivity contribution in [3.63, 3.8) is 0 Å². The van der Waals surface area contributed by atoms with Gasteiger partial charge in [-0.1, -0.05) is 0 Å². The summed E-state index contributed by atoms with van der Waals surface area (Å²) in [7, 11) is 0. The van der Waals surface area contributed by atoms with Crippen molar-refractivity contribution in [3.8, 4) is 0 Å². The second-order valence-corrected chi connectivity index (χ2v) is 5.93. The van der Waals surface area contributed by atoms with Crippen LogP contribution in [0.25, 0.3) is 10.9 Å². The molecule has 0 radical (unpaired) electrons. The Bertz CT molecular complexity index is 691. The van der Waals surface area contributed by atoms with Crippen molar-refractivity contribution >= 4 is 34.4 Å². The van der Waals surface area contributed by atoms with Gasteiger partial charge >= 0.3 is 5.97 Å². The van der Waals surface area contributed by atoms with Gasteiger partial charge in [-0.25, -0.2) is 4.79 Å². The molecule has 0 bridgehead atoms. The topological polar surface area (TPSA) is 94.2 Å². The van der Waals surface area contributed by atoms with Gasteiger partial charge in [0.25, 0.3) is 0 Å². The summed E-state index contributed by atoms with van der Waals surface area (Å²) in [5, 5.41) is 15.6. The summed E-state index contributed by atoms with van der Waals surface area (Å²) in [5.41, 5.74) is 2.47. The number of carbonyl (C=O) groups is 2. The van der Waals surface area contributed by atoms with E-state index in [1.807, 2.05) is 12.3 Å². The van der Waals surface area contributed by atoms with Gasteiger partial charge in [0, 0.05) is 36.1 Å². The van der Waals surface area contributed by atoms with Gasteiger partial charge in [0.2, 0.25) is 5.91 Å². The summed E-state index contributed by atoms with van der Waals surface area (Å²) in [6, 6.07) is 5.15. The van der Waals surface area contributed by atoms with Crippen LogP contribution in [-0.4, -0.2) is 47.5 Å². The predicted octanol–water partition coefficient (Wildman–Crippen LogP) is 2.13. The fraction of sp³-hybridized carbons (Fsp3) is 0.412. The molecule has 1 fully saturated rings. The number of unbranched alkanes of at least 4 members (excludes halogenated alkanes) is 1. The molecule has 1 aromatic heterocycles. The van der Waals surface area contributed by atoms with E-state index >= 15 is 0 Å². The molecule has 130 valence electrons. The summed E-state index contributed by atoms with van der Waals surface area (Å²) in [6.45, 7) is 2.17. The molecule has 1 saturated heterocycles. The number of halogens is 1. The van der Waals surface area contributed by atoms with E-state index in [4.69, 9.17) is 16.7 Å². The Morgan fingerprint density at radius 2 is 2.08 bits per heavy atom. The molecule has 1 aromatic carbocycles. The molecule has 1 aliphatic rings. The summed E-state index contributed by atoms with van der Waals surface area (Å²) in [6.07, 6.45) is 4.88. The number of rotatable bonds is 5. The number of aromatic amines is 1. The number of fused-ring (bicyclic) bond motifs is 1. The number of piperazine rings is 1. The lowest BCUT2D eigenvalue weighted by molar-refractivity contribution is -0.121. The number of benzene rings is 1. The maximum Gasteiger partial charge on any atom is 0.335 e. The Morgan fingerprint density at radius 1 is 1.25 bits per heavy atom. The van der Waals surface area contributed by atoms with E-state index in [0.717, 1.165) is 48.8 Å². The van der Waals surface area contributed by atoms with E-state index in [2.05, 4.69) is 15.6 Å². The number of hydrogen-bond acceptors (Lipinski definition) is 3. The Morgan fingerprint density at radius 3 is 2.67 bits per heavy atom. The average molecular weight is 352 g/mol. The van der Waals surface area contributed by atoms with Crippen LogP contribution in [0.2, 0.25) is 0 Å². The number of aromatic carboxylic acids is 1. The van der Waals surface area contributed by atoms with E-state index in [1.165, 1.54) is 0 Å². The van der Waals surface area contributed by atoms with Gasteiger partial charge in [-0.2, -0.15) is 0 Å². The van der Waals surface area contributed by atoms with Crippen LogP contribution in [-0.2, 0) is 11.2 Å². The number of carboxylic acid groups (broad SMARTS) is 1. The highest BCUT2D eigenvalue weighted by Gasteiger charge is 2.08. The number of alkyl halides is 1. The quantitative estimate of drug-likeness (QED) is 0.490. The summed E-state index contributed by atoms with van der Waals surface area (Å²) < 4.78 is 0. The first-order valence-corrected chi connectivity index (χ1v) is 8.52. The van der Waals surface area contributed by atoms with Crippen LogP contribution in [0, 0.1) is 0 Å². The molecule has 6 nitrogen and oxygen atoms in total. The summed E-state index contributed by atoms with van der Waals surface area (Å²) in [4.78, 5) is 24.4. The van der Waals surface area contributed by atoms with Crippen molar-refractivity contribution in [3.05, 3.63) is 35.5 Å². The van der Waals surface area contributed by atoms with Gasteiger partial charge in [0.15, 0.2) is 0 Å². The maximum atomic E-state index is 10.9. The fourth-order valence-electron chi connectivity index (χ4n) is 2.48. The third-order valence-electron chi connectivity index (χ3n) is 3.75. The van der Waals surface area contributed by atoms with E-state index < -0.39 is 5.97 Å². The number of aromatic nitrogens is 1. The molecule has 3 rings (SSSR count). The second-order valence-electron chi connectivity index (χ2n) is 5.55. The lowest BCUT2D eigenvalue weighted by Crippen LogP contribution is -2.44. The third kappa shape index (κ3) is 5.25. The van der Waals surface area contributed by atoms with Crippen LogP contribution in [0.5, 0.6) is 0 Å². The maximum absolute atomic E-state index is 10.9. The molecule has 2 heterocycles. The van der Waals surface area contributed by atoms with Crippen molar-refractivity contribution in [1.29, 1.82) is 0 Å². The highest BCUT2D eigenvalue weighted by molar-refractivity contribution is 6.17. The predicted molar refractivity (Wildman–Crippen MR) is 94.8 cm³/mol. The smallest absolute Gasteiger partial charge is 0.335 e. The molecule has 0 unspecified atom stereocenters. The first-order valence-electron chi connectivity index (χ1n) is 7.98. The van der Waals surface area contributed by atoms with Gasteiger partial charge in [-0.05, 0) is 43.0 Å². The zero-order valence-corrected chi connectivity index (χ0v) is 14.2. The number of amides is 1. The molecule has 1 amide bonds. The van der Waals surface area contributed by atoms with E-state index in [9.17, 15) is 9.59 Å². The van der Waals surface area contributed by atoms with Gasteiger partial charge < -0.3 is 20.7 Å². The largest absolute Gasteiger partial charge is 0.478 e. The van der Waals surface area contributed by atoms with Crippen molar-refractivity contribution in [2.24, 2.45) is 0 Å². The first-order chi connectivity index (χ1) is 11.6. The highest BCUT2D eigenvalue weighted by atomic mass is 35.5. The SMILES string of the molecule is O=C(O)c1ccc2[nH]cc(CCCCCl)c2c1.O=C1CNCCN1. The number of nitrogens with one attached hydrogen (secondary N) is 3. The first kappa shape index (κ1) is 18.3. The van der Waals surface area contributed by atoms with E-state index in [-0.39, 0.29) is 5.91 Å². The Balaban J connectivity index is 0.000000249. The molecule has 1 aliphatic heterocycles. The number of carboxylic acids is 1. The third-order valence-corrected chi connectivity index (χ3v) is 4.02. The van der Waals surface area contributed by atoms with Crippen molar-refractivity contribution < 1.29 is 14.7 Å². The van der Waals surface area contributed by atoms with Crippen LogP contribution < -0.4 is 10.6 Å². The van der Waals surface area contributed by atoms with Crippen LogP contribution in [0.4, 0.5) is 0 Å². The Labute approximate surface area is 145 Å². The number of carbonyl (C=O) groups excluding carboxylic acids is 1. The van der Waals surface area contributed by atoms with E-state index in [1.54, 1.807) is 12.1 Å². The highest BCUT2D eigenvalue weighted by Crippen LogP contribution is 2.21. The minimum Gasteiger partial charge on any atom is -0.478 e. The minimum absolute atomic E-state index is 0.103. The fourth-order valence-corrected chi connectivity index (χ4v) is 2.67. The number of hydrogen-bond donors (Lipinski definition) is 4. The van der Waals surface area contributed by atoms with Gasteiger partial charge in [-0.15, -0.1) is 11.6 Å². The molecule has 2 aromatic rings. The van der Waals surface area contributed by atoms with Crippen LogP contribution in [0.3, 0.4) is 0 Å². The zero-order valence-electron chi connectivity index (χ0n) is 13.4. The lowest BCUT2D eigenvalue weighted by Gasteiger charge is -2.11. The molecule has 7 heteroatoms. The van der Waals surface area contributed by atoms with Gasteiger partial charge in [0.05, 0.1) is 12.1 Å². The van der Waals surface area contributed by atoms with Gasteiger partial charge in [0.1, 0.15) is 0 Å². The molecule has 0 saturated carbocycles. The average Bonchev–Trinajstić information content (AvgIpc) is 2.99. The molecular weight excluding hydrogens is 330 g/mol. The molecule has 24 heavy (non-hydrogen) atoms.